The molecule has 2 heterocycles. The van der Waals surface area contributed by atoms with E-state index >= 15 is 0 Å². The highest BCUT2D eigenvalue weighted by molar-refractivity contribution is 5.98. The molecule has 9 heteroatoms. The first-order valence-corrected chi connectivity index (χ1v) is 12.0. The summed E-state index contributed by atoms with van der Waals surface area (Å²) in [4.78, 5) is 30.0. The number of likely N-dealkylation sites (tertiary alicyclic amines) is 1. The Bertz CT molecular complexity index is 1220. The number of carbonyl (C=O) groups excluding carboxylic acids is 2. The second-order valence-corrected chi connectivity index (χ2v) is 8.87. The zero-order chi connectivity index (χ0) is 25.7. The predicted molar refractivity (Wildman–Crippen MR) is 135 cm³/mol. The van der Waals surface area contributed by atoms with Gasteiger partial charge < -0.3 is 21.3 Å². The number of nitrogens with zero attached hydrogens (tertiary/aromatic N) is 2. The molecule has 4 rings (SSSR count). The van der Waals surface area contributed by atoms with Crippen LogP contribution in [0, 0.1) is 11.6 Å². The largest absolute Gasteiger partial charge is 0.380 e. The molecule has 2 aromatic carbocycles. The fourth-order valence-corrected chi connectivity index (χ4v) is 4.45. The molecule has 0 spiro atoms. The van der Waals surface area contributed by atoms with E-state index in [4.69, 9.17) is 5.73 Å². The maximum absolute atomic E-state index is 13.5. The number of halogens is 2. The molecule has 3 aromatic rings. The molecular formula is C27H29F2N5O2. The monoisotopic (exact) mass is 493 g/mol. The quantitative estimate of drug-likeness (QED) is 0.413. The molecule has 188 valence electrons. The van der Waals surface area contributed by atoms with Crippen LogP contribution in [0.3, 0.4) is 0 Å². The fourth-order valence-electron chi connectivity index (χ4n) is 4.45. The number of nitrogens with two attached hydrogens (primary N) is 1. The van der Waals surface area contributed by atoms with Crippen molar-refractivity contribution in [2.75, 3.05) is 23.7 Å². The maximum atomic E-state index is 13.5. The van der Waals surface area contributed by atoms with Gasteiger partial charge in [0.25, 0.3) is 5.91 Å². The summed E-state index contributed by atoms with van der Waals surface area (Å²) in [5.41, 5.74) is 8.47. The van der Waals surface area contributed by atoms with Crippen LogP contribution >= 0.6 is 0 Å². The second kappa shape index (κ2) is 11.2. The van der Waals surface area contributed by atoms with Crippen molar-refractivity contribution in [3.63, 3.8) is 0 Å². The molecule has 0 atom stereocenters. The Balaban J connectivity index is 1.42. The molecule has 4 N–H and O–H groups in total. The number of amides is 2. The van der Waals surface area contributed by atoms with Crippen LogP contribution in [0.25, 0.3) is 0 Å². The number of primary amides is 1. The zero-order valence-electron chi connectivity index (χ0n) is 20.1. The third-order valence-corrected chi connectivity index (χ3v) is 6.38. The third-order valence-electron chi connectivity index (χ3n) is 6.38. The van der Waals surface area contributed by atoms with Crippen LogP contribution < -0.4 is 16.4 Å². The van der Waals surface area contributed by atoms with Crippen molar-refractivity contribution in [3.8, 4) is 0 Å². The molecule has 0 aliphatic carbocycles. The van der Waals surface area contributed by atoms with Crippen LogP contribution in [0.1, 0.15) is 53.6 Å². The van der Waals surface area contributed by atoms with Crippen molar-refractivity contribution in [1.29, 1.82) is 0 Å². The van der Waals surface area contributed by atoms with Crippen LogP contribution in [-0.4, -0.2) is 34.8 Å². The minimum Gasteiger partial charge on any atom is -0.380 e. The highest BCUT2D eigenvalue weighted by Crippen LogP contribution is 2.30. The molecule has 0 unspecified atom stereocenters. The number of pyridine rings is 1. The summed E-state index contributed by atoms with van der Waals surface area (Å²) in [6.45, 7) is 3.55. The summed E-state index contributed by atoms with van der Waals surface area (Å²) in [6, 6.07) is 12.9. The Morgan fingerprint density at radius 2 is 1.72 bits per heavy atom. The molecule has 0 saturated carbocycles. The molecule has 2 amide bonds. The second-order valence-electron chi connectivity index (χ2n) is 8.87. The van der Waals surface area contributed by atoms with E-state index in [2.05, 4.69) is 27.8 Å². The van der Waals surface area contributed by atoms with Gasteiger partial charge in [0.05, 0.1) is 11.3 Å². The number of hydrogen-bond acceptors (Lipinski definition) is 5. The Morgan fingerprint density at radius 3 is 2.33 bits per heavy atom. The lowest BCUT2D eigenvalue weighted by Crippen LogP contribution is -2.37. The fraction of sp³-hybridized carbons (Fsp3) is 0.296. The van der Waals surface area contributed by atoms with Crippen LogP contribution in [0.4, 0.5) is 26.0 Å². The van der Waals surface area contributed by atoms with Gasteiger partial charge in [-0.2, -0.15) is 0 Å². The zero-order valence-corrected chi connectivity index (χ0v) is 20.1. The van der Waals surface area contributed by atoms with Gasteiger partial charge in [0.2, 0.25) is 5.91 Å². The smallest absolute Gasteiger partial charge is 0.252 e. The number of carbonyl (C=O) groups is 2. The first kappa shape index (κ1) is 25.1. The van der Waals surface area contributed by atoms with Gasteiger partial charge in [-0.15, -0.1) is 0 Å². The van der Waals surface area contributed by atoms with E-state index < -0.39 is 17.5 Å². The Labute approximate surface area is 208 Å². The van der Waals surface area contributed by atoms with Gasteiger partial charge in [-0.1, -0.05) is 19.1 Å². The van der Waals surface area contributed by atoms with Crippen molar-refractivity contribution in [2.24, 2.45) is 5.73 Å². The number of piperidine rings is 1. The Kier molecular flexibility index (Phi) is 7.77. The van der Waals surface area contributed by atoms with E-state index in [9.17, 15) is 18.4 Å². The lowest BCUT2D eigenvalue weighted by Gasteiger charge is -2.32. The number of rotatable bonds is 8. The van der Waals surface area contributed by atoms with Gasteiger partial charge >= 0.3 is 0 Å². The first-order chi connectivity index (χ1) is 17.3. The van der Waals surface area contributed by atoms with Gasteiger partial charge in [-0.25, -0.2) is 13.8 Å². The van der Waals surface area contributed by atoms with E-state index in [0.29, 0.717) is 29.4 Å². The van der Waals surface area contributed by atoms with Crippen LogP contribution in [0.5, 0.6) is 0 Å². The molecule has 36 heavy (non-hydrogen) atoms. The van der Waals surface area contributed by atoms with E-state index in [1.165, 1.54) is 23.9 Å². The number of benzene rings is 2. The minimum absolute atomic E-state index is 0.0930. The number of nitrogens with one attached hydrogen (secondary N) is 2. The lowest BCUT2D eigenvalue weighted by atomic mass is 9.89. The number of anilines is 3. The van der Waals surface area contributed by atoms with Crippen LogP contribution in [-0.2, 0) is 11.3 Å². The topological polar surface area (TPSA) is 100 Å². The normalized spacial score (nSPS) is 13.9. The summed E-state index contributed by atoms with van der Waals surface area (Å²) >= 11 is 0. The molecule has 0 radical (unpaired) electrons. The first-order valence-electron chi connectivity index (χ1n) is 12.0. The Morgan fingerprint density at radius 1 is 1.06 bits per heavy atom. The van der Waals surface area contributed by atoms with E-state index in [-0.39, 0.29) is 18.0 Å². The van der Waals surface area contributed by atoms with Gasteiger partial charge in [-0.05, 0) is 54.2 Å². The van der Waals surface area contributed by atoms with Crippen molar-refractivity contribution in [1.82, 2.24) is 9.88 Å². The number of hydrogen-bond donors (Lipinski definition) is 3. The molecule has 1 fully saturated rings. The van der Waals surface area contributed by atoms with E-state index in [0.717, 1.165) is 37.7 Å². The highest BCUT2D eigenvalue weighted by Gasteiger charge is 2.22. The molecule has 1 aromatic heterocycles. The number of aromatic nitrogens is 1. The minimum atomic E-state index is -0.678. The SMILES string of the molecule is CCC(=O)N1CCC(c2ccc(Nc3cc(NCc4cc(F)cc(F)c4)c(C(N)=O)cn3)cc2)CC1. The summed E-state index contributed by atoms with van der Waals surface area (Å²) in [7, 11) is 0. The molecular weight excluding hydrogens is 464 g/mol. The standard InChI is InChI=1S/C27H29F2N5O2/c1-2-26(35)34-9-7-19(8-10-34)18-3-5-22(6-4-18)33-25-14-24(23(16-32-25)27(30)36)31-15-17-11-20(28)13-21(29)12-17/h3-6,11-14,16,19H,2,7-10,15H2,1H3,(H2,30,36)(H2,31,32,33). The van der Waals surface area contributed by atoms with Crippen molar-refractivity contribution >= 4 is 29.0 Å². The third kappa shape index (κ3) is 6.16. The lowest BCUT2D eigenvalue weighted by molar-refractivity contribution is -0.131. The van der Waals surface area contributed by atoms with Crippen molar-refractivity contribution in [3.05, 3.63) is 83.1 Å². The summed E-state index contributed by atoms with van der Waals surface area (Å²) < 4.78 is 27.0. The van der Waals surface area contributed by atoms with Gasteiger partial charge in [0, 0.05) is 50.1 Å². The van der Waals surface area contributed by atoms with Gasteiger partial charge in [-0.3, -0.25) is 9.59 Å². The summed E-state index contributed by atoms with van der Waals surface area (Å²) in [6.07, 6.45) is 3.79. The van der Waals surface area contributed by atoms with Crippen LogP contribution in [0.2, 0.25) is 0 Å². The molecule has 1 aliphatic heterocycles. The highest BCUT2D eigenvalue weighted by atomic mass is 19.1. The Hall–Kier alpha value is -4.01. The molecule has 0 bridgehead atoms. The average Bonchev–Trinajstić information content (AvgIpc) is 2.87. The summed E-state index contributed by atoms with van der Waals surface area (Å²) in [5, 5.41) is 6.23. The summed E-state index contributed by atoms with van der Waals surface area (Å²) in [5.74, 6) is -0.925. The van der Waals surface area contributed by atoms with E-state index in [1.807, 2.05) is 24.0 Å². The molecule has 1 saturated heterocycles. The van der Waals surface area contributed by atoms with Crippen molar-refractivity contribution in [2.45, 2.75) is 38.6 Å². The maximum Gasteiger partial charge on any atom is 0.252 e. The van der Waals surface area contributed by atoms with Crippen LogP contribution in [0.15, 0.2) is 54.7 Å². The molecule has 1 aliphatic rings. The predicted octanol–water partition coefficient (Wildman–Crippen LogP) is 4.93. The molecule has 7 nitrogen and oxygen atoms in total. The average molecular weight is 494 g/mol. The van der Waals surface area contributed by atoms with Gasteiger partial charge in [0.1, 0.15) is 17.5 Å². The van der Waals surface area contributed by atoms with Crippen molar-refractivity contribution < 1.29 is 18.4 Å². The van der Waals surface area contributed by atoms with Gasteiger partial charge in [0.15, 0.2) is 0 Å². The van der Waals surface area contributed by atoms with E-state index in [1.54, 1.807) is 6.07 Å².